The monoisotopic (exact) mass is 270 g/mol. The van der Waals surface area contributed by atoms with E-state index in [-0.39, 0.29) is 12.2 Å². The van der Waals surface area contributed by atoms with Gasteiger partial charge in [0.2, 0.25) is 5.79 Å². The Balaban J connectivity index is 1.99. The van der Waals surface area contributed by atoms with Crippen molar-refractivity contribution in [2.75, 3.05) is 7.11 Å². The van der Waals surface area contributed by atoms with Gasteiger partial charge in [-0.05, 0) is 36.4 Å². The first-order valence-electron chi connectivity index (χ1n) is 6.30. The molecule has 1 heterocycles. The number of fused-ring (bicyclic) bond motifs is 1. The number of Topliss-reactive ketones (excluding diaryl/α,β-unsaturated/α-hetero) is 1. The number of para-hydroxylation sites is 1. The predicted octanol–water partition coefficient (Wildman–Crippen LogP) is 2.51. The average Bonchev–Trinajstić information content (AvgIpc) is 2.47. The number of aliphatic hydroxyl groups is 1. The number of hydrogen-bond donors (Lipinski definition) is 1. The van der Waals surface area contributed by atoms with Crippen LogP contribution in [0, 0.1) is 0 Å². The molecule has 0 amide bonds. The van der Waals surface area contributed by atoms with E-state index >= 15 is 0 Å². The van der Waals surface area contributed by atoms with Crippen LogP contribution in [0.2, 0.25) is 0 Å². The van der Waals surface area contributed by atoms with E-state index in [9.17, 15) is 9.90 Å². The van der Waals surface area contributed by atoms with E-state index in [0.717, 1.165) is 0 Å². The fourth-order valence-corrected chi connectivity index (χ4v) is 2.33. The molecule has 4 nitrogen and oxygen atoms in total. The average molecular weight is 270 g/mol. The van der Waals surface area contributed by atoms with Crippen molar-refractivity contribution in [1.29, 1.82) is 0 Å². The summed E-state index contributed by atoms with van der Waals surface area (Å²) in [4.78, 5) is 12.1. The molecule has 102 valence electrons. The van der Waals surface area contributed by atoms with Crippen LogP contribution in [-0.4, -0.2) is 18.0 Å². The minimum atomic E-state index is -1.63. The van der Waals surface area contributed by atoms with E-state index in [1.807, 2.05) is 0 Å². The van der Waals surface area contributed by atoms with Gasteiger partial charge in [0.1, 0.15) is 11.5 Å². The summed E-state index contributed by atoms with van der Waals surface area (Å²) >= 11 is 0. The van der Waals surface area contributed by atoms with Crippen molar-refractivity contribution in [1.82, 2.24) is 0 Å². The predicted molar refractivity (Wildman–Crippen MR) is 72.9 cm³/mol. The number of rotatable bonds is 2. The van der Waals surface area contributed by atoms with Crippen LogP contribution in [-0.2, 0) is 5.79 Å². The lowest BCUT2D eigenvalue weighted by molar-refractivity contribution is -0.147. The normalized spacial score (nSPS) is 21.0. The van der Waals surface area contributed by atoms with Gasteiger partial charge in [-0.1, -0.05) is 12.1 Å². The van der Waals surface area contributed by atoms with Gasteiger partial charge in [0.15, 0.2) is 5.78 Å². The lowest BCUT2D eigenvalue weighted by Gasteiger charge is -2.33. The molecule has 1 unspecified atom stereocenters. The smallest absolute Gasteiger partial charge is 0.242 e. The Morgan fingerprint density at radius 2 is 1.85 bits per heavy atom. The van der Waals surface area contributed by atoms with Crippen molar-refractivity contribution in [2.45, 2.75) is 12.2 Å². The molecule has 1 aliphatic heterocycles. The molecule has 0 fully saturated rings. The lowest BCUT2D eigenvalue weighted by atomic mass is 9.93. The van der Waals surface area contributed by atoms with Crippen molar-refractivity contribution in [2.24, 2.45) is 0 Å². The Kier molecular flexibility index (Phi) is 2.95. The maximum Gasteiger partial charge on any atom is 0.242 e. The Morgan fingerprint density at radius 3 is 2.55 bits per heavy atom. The summed E-state index contributed by atoms with van der Waals surface area (Å²) in [6.45, 7) is 0. The van der Waals surface area contributed by atoms with Crippen LogP contribution in [0.3, 0.4) is 0 Å². The quantitative estimate of drug-likeness (QED) is 0.911. The second-order valence-corrected chi connectivity index (χ2v) is 4.71. The number of carbonyl (C=O) groups is 1. The summed E-state index contributed by atoms with van der Waals surface area (Å²) in [6, 6.07) is 13.8. The Bertz CT molecular complexity index is 648. The largest absolute Gasteiger partial charge is 0.497 e. The first kappa shape index (κ1) is 12.7. The second kappa shape index (κ2) is 4.65. The van der Waals surface area contributed by atoms with Gasteiger partial charge in [-0.3, -0.25) is 4.79 Å². The molecule has 0 aromatic heterocycles. The van der Waals surface area contributed by atoms with Crippen molar-refractivity contribution in [3.8, 4) is 11.5 Å². The molecule has 1 aliphatic rings. The zero-order valence-electron chi connectivity index (χ0n) is 11.0. The fraction of sp³-hybridized carbons (Fsp3) is 0.188. The van der Waals surface area contributed by atoms with Crippen molar-refractivity contribution < 1.29 is 19.4 Å². The van der Waals surface area contributed by atoms with E-state index in [1.54, 1.807) is 55.6 Å². The van der Waals surface area contributed by atoms with Gasteiger partial charge in [0.05, 0.1) is 19.1 Å². The van der Waals surface area contributed by atoms with E-state index in [1.165, 1.54) is 0 Å². The van der Waals surface area contributed by atoms with E-state index in [2.05, 4.69) is 0 Å². The van der Waals surface area contributed by atoms with Crippen molar-refractivity contribution in [3.63, 3.8) is 0 Å². The molecule has 0 aliphatic carbocycles. The Hall–Kier alpha value is -2.33. The molecule has 3 rings (SSSR count). The molecule has 2 aromatic rings. The number of benzene rings is 2. The summed E-state index contributed by atoms with van der Waals surface area (Å²) < 4.78 is 10.7. The van der Waals surface area contributed by atoms with E-state index in [0.29, 0.717) is 22.6 Å². The zero-order chi connectivity index (χ0) is 14.2. The second-order valence-electron chi connectivity index (χ2n) is 4.71. The molecule has 4 heteroatoms. The van der Waals surface area contributed by atoms with Crippen LogP contribution in [0.4, 0.5) is 0 Å². The van der Waals surface area contributed by atoms with Gasteiger partial charge in [0, 0.05) is 5.56 Å². The molecule has 1 atom stereocenters. The fourth-order valence-electron chi connectivity index (χ4n) is 2.33. The minimum absolute atomic E-state index is 0.101. The Morgan fingerprint density at radius 1 is 1.15 bits per heavy atom. The minimum Gasteiger partial charge on any atom is -0.497 e. The molecule has 0 spiro atoms. The standard InChI is InChI=1S/C16H14O4/c1-19-12-8-6-11(7-9-12)16(18)10-14(17)13-4-2-3-5-15(13)20-16/h2-9,18H,10H2,1H3. The molecule has 0 saturated heterocycles. The van der Waals surface area contributed by atoms with E-state index in [4.69, 9.17) is 9.47 Å². The highest BCUT2D eigenvalue weighted by atomic mass is 16.6. The molecule has 2 aromatic carbocycles. The first-order chi connectivity index (χ1) is 9.62. The van der Waals surface area contributed by atoms with Crippen LogP contribution in [0.5, 0.6) is 11.5 Å². The molecule has 20 heavy (non-hydrogen) atoms. The van der Waals surface area contributed by atoms with Gasteiger partial charge >= 0.3 is 0 Å². The molecule has 0 bridgehead atoms. The SMILES string of the molecule is COc1ccc(C2(O)CC(=O)c3ccccc3O2)cc1. The molecule has 0 radical (unpaired) electrons. The third-order valence-corrected chi connectivity index (χ3v) is 3.41. The molecular weight excluding hydrogens is 256 g/mol. The van der Waals surface area contributed by atoms with Gasteiger partial charge in [-0.2, -0.15) is 0 Å². The van der Waals surface area contributed by atoms with Crippen molar-refractivity contribution >= 4 is 5.78 Å². The van der Waals surface area contributed by atoms with Gasteiger partial charge in [-0.15, -0.1) is 0 Å². The third-order valence-electron chi connectivity index (χ3n) is 3.41. The van der Waals surface area contributed by atoms with Crippen LogP contribution < -0.4 is 9.47 Å². The third kappa shape index (κ3) is 2.04. The summed E-state index contributed by atoms with van der Waals surface area (Å²) in [6.07, 6.45) is -0.101. The number of carbonyl (C=O) groups excluding carboxylic acids is 1. The number of methoxy groups -OCH3 is 1. The number of ether oxygens (including phenoxy) is 2. The maximum absolute atomic E-state index is 12.1. The summed E-state index contributed by atoms with van der Waals surface area (Å²) in [5.41, 5.74) is 1.03. The van der Waals surface area contributed by atoms with Crippen LogP contribution in [0.15, 0.2) is 48.5 Å². The van der Waals surface area contributed by atoms with Gasteiger partial charge in [0.25, 0.3) is 0 Å². The zero-order valence-corrected chi connectivity index (χ0v) is 11.0. The first-order valence-corrected chi connectivity index (χ1v) is 6.30. The highest BCUT2D eigenvalue weighted by molar-refractivity contribution is 6.00. The highest BCUT2D eigenvalue weighted by Crippen LogP contribution is 2.37. The summed E-state index contributed by atoms with van der Waals surface area (Å²) in [5, 5.41) is 10.6. The lowest BCUT2D eigenvalue weighted by Crippen LogP contribution is -2.39. The number of hydrogen-bond acceptors (Lipinski definition) is 4. The van der Waals surface area contributed by atoms with Crippen LogP contribution in [0.1, 0.15) is 22.3 Å². The van der Waals surface area contributed by atoms with Gasteiger partial charge in [-0.25, -0.2) is 0 Å². The summed E-state index contributed by atoms with van der Waals surface area (Å²) in [7, 11) is 1.57. The Labute approximate surface area is 116 Å². The topological polar surface area (TPSA) is 55.8 Å². The summed E-state index contributed by atoms with van der Waals surface area (Å²) in [5.74, 6) is -0.676. The number of ketones is 1. The van der Waals surface area contributed by atoms with Crippen LogP contribution in [0.25, 0.3) is 0 Å². The van der Waals surface area contributed by atoms with E-state index < -0.39 is 5.79 Å². The van der Waals surface area contributed by atoms with Crippen molar-refractivity contribution in [3.05, 3.63) is 59.7 Å². The molecular formula is C16H14O4. The van der Waals surface area contributed by atoms with Gasteiger partial charge < -0.3 is 14.6 Å². The molecule has 1 N–H and O–H groups in total. The highest BCUT2D eigenvalue weighted by Gasteiger charge is 2.40. The van der Waals surface area contributed by atoms with Crippen LogP contribution >= 0.6 is 0 Å². The maximum atomic E-state index is 12.1. The molecule has 0 saturated carbocycles.